The van der Waals surface area contributed by atoms with Crippen LogP contribution in [0.5, 0.6) is 5.75 Å². The summed E-state index contributed by atoms with van der Waals surface area (Å²) in [6.07, 6.45) is 0.471. The smallest absolute Gasteiger partial charge is 0.333 e. The van der Waals surface area contributed by atoms with Crippen molar-refractivity contribution in [1.82, 2.24) is 4.90 Å². The Hall–Kier alpha value is -0.716. The highest BCUT2D eigenvalue weighted by Gasteiger charge is 2.58. The Morgan fingerprint density at radius 1 is 1.11 bits per heavy atom. The molecule has 0 saturated carbocycles. The normalized spacial score (nSPS) is 18.7. The summed E-state index contributed by atoms with van der Waals surface area (Å²) in [6, 6.07) is 3.95. The van der Waals surface area contributed by atoms with Crippen LogP contribution in [0, 0.1) is 0 Å². The second-order valence-corrected chi connectivity index (χ2v) is 23.4. The molecule has 0 N–H and O–H groups in total. The van der Waals surface area contributed by atoms with E-state index in [0.717, 1.165) is 6.04 Å². The van der Waals surface area contributed by atoms with Crippen molar-refractivity contribution in [1.29, 1.82) is 0 Å². The van der Waals surface area contributed by atoms with Crippen LogP contribution in [-0.4, -0.2) is 66.2 Å². The van der Waals surface area contributed by atoms with E-state index < -0.39 is 34.1 Å². The van der Waals surface area contributed by atoms with Gasteiger partial charge in [-0.05, 0) is 42.7 Å². The van der Waals surface area contributed by atoms with Gasteiger partial charge in [-0.3, -0.25) is 4.79 Å². The predicted octanol–water partition coefficient (Wildman–Crippen LogP) is 7.66. The van der Waals surface area contributed by atoms with Crippen molar-refractivity contribution in [2.45, 2.75) is 82.8 Å². The number of nitrogens with zero attached hydrogens (tertiary/aromatic N) is 1. The van der Waals surface area contributed by atoms with Gasteiger partial charge in [-0.15, -0.1) is 0 Å². The van der Waals surface area contributed by atoms with Gasteiger partial charge in [0.2, 0.25) is 0 Å². The highest BCUT2D eigenvalue weighted by Crippen LogP contribution is 2.48. The topological polar surface area (TPSA) is 48.0 Å². The molecular formula is C25H41Cl2F2NO4Si2. The van der Waals surface area contributed by atoms with E-state index in [9.17, 15) is 4.79 Å². The van der Waals surface area contributed by atoms with Gasteiger partial charge in [0.25, 0.3) is 5.91 Å². The number of benzene rings is 1. The van der Waals surface area contributed by atoms with E-state index >= 15 is 8.78 Å². The Morgan fingerprint density at radius 3 is 2.33 bits per heavy atom. The number of carbonyl (C=O) groups is 1. The molecule has 0 radical (unpaired) electrons. The molecule has 1 aromatic rings. The van der Waals surface area contributed by atoms with Crippen molar-refractivity contribution in [3.05, 3.63) is 27.7 Å². The van der Waals surface area contributed by atoms with Crippen molar-refractivity contribution >= 4 is 45.5 Å². The largest absolute Gasteiger partial charge is 0.467 e. The number of hydrogen-bond acceptors (Lipinski definition) is 4. The number of likely N-dealkylation sites (tertiary alicyclic amines) is 1. The third-order valence-corrected chi connectivity index (χ3v) is 14.1. The molecule has 0 aliphatic carbocycles. The molecular weight excluding hydrogens is 543 g/mol. The summed E-state index contributed by atoms with van der Waals surface area (Å²) >= 11 is 12.6. The van der Waals surface area contributed by atoms with Crippen molar-refractivity contribution in [2.75, 3.05) is 33.1 Å². The van der Waals surface area contributed by atoms with Crippen molar-refractivity contribution < 1.29 is 27.5 Å². The Bertz CT molecular complexity index is 921. The van der Waals surface area contributed by atoms with E-state index in [1.165, 1.54) is 17.0 Å². The first-order chi connectivity index (χ1) is 16.4. The molecule has 0 bridgehead atoms. The Labute approximate surface area is 226 Å². The van der Waals surface area contributed by atoms with Gasteiger partial charge in [-0.1, -0.05) is 63.6 Å². The maximum atomic E-state index is 15.3. The van der Waals surface area contributed by atoms with Crippen molar-refractivity contribution in [3.8, 4) is 5.75 Å². The molecule has 1 aliphatic heterocycles. The third kappa shape index (κ3) is 7.90. The van der Waals surface area contributed by atoms with Gasteiger partial charge in [0, 0.05) is 39.9 Å². The number of hydrogen-bond donors (Lipinski definition) is 0. The first kappa shape index (κ1) is 31.5. The minimum absolute atomic E-state index is 0.0307. The van der Waals surface area contributed by atoms with Gasteiger partial charge in [0.15, 0.2) is 15.1 Å². The van der Waals surface area contributed by atoms with Crippen LogP contribution in [0.3, 0.4) is 0 Å². The van der Waals surface area contributed by atoms with E-state index in [1.54, 1.807) is 0 Å². The maximum absolute atomic E-state index is 15.3. The fraction of sp³-hybridized carbons (Fsp3) is 0.720. The van der Waals surface area contributed by atoms with Crippen LogP contribution in [0.15, 0.2) is 12.1 Å². The molecule has 1 aromatic carbocycles. The first-order valence-corrected chi connectivity index (χ1v) is 19.8. The zero-order valence-electron chi connectivity index (χ0n) is 22.8. The summed E-state index contributed by atoms with van der Waals surface area (Å²) < 4.78 is 47.9. The summed E-state index contributed by atoms with van der Waals surface area (Å²) in [5, 5.41) is 0.146. The molecule has 1 fully saturated rings. The standard InChI is InChI=1S/C25H41Cl2F2NO4Si2/c1-24(2,3)36(7,8)34-13-9-12-30-16-18(25(28,29)23(30)31)21-20(11-10-19(26)22(21)27)33-17-32-14-15-35(4,5)6/h10-11,18H,9,12-17H2,1-8H3. The lowest BCUT2D eigenvalue weighted by Gasteiger charge is -2.36. The summed E-state index contributed by atoms with van der Waals surface area (Å²) in [5.41, 5.74) is 0.0383. The summed E-state index contributed by atoms with van der Waals surface area (Å²) in [4.78, 5) is 13.9. The molecule has 1 saturated heterocycles. The Morgan fingerprint density at radius 2 is 1.75 bits per heavy atom. The lowest BCUT2D eigenvalue weighted by molar-refractivity contribution is -0.149. The molecule has 0 spiro atoms. The fourth-order valence-corrected chi connectivity index (χ4v) is 5.88. The summed E-state index contributed by atoms with van der Waals surface area (Å²) in [7, 11) is -3.23. The average Bonchev–Trinajstić information content (AvgIpc) is 2.95. The van der Waals surface area contributed by atoms with Crippen LogP contribution in [-0.2, 0) is 14.0 Å². The average molecular weight is 585 g/mol. The van der Waals surface area contributed by atoms with Gasteiger partial charge in [-0.25, -0.2) is 0 Å². The van der Waals surface area contributed by atoms with E-state index in [0.29, 0.717) is 19.6 Å². The minimum Gasteiger partial charge on any atom is -0.467 e. The lowest BCUT2D eigenvalue weighted by atomic mass is 9.94. The molecule has 1 amide bonds. The van der Waals surface area contributed by atoms with Crippen LogP contribution in [0.2, 0.25) is 53.9 Å². The zero-order chi connectivity index (χ0) is 27.5. The highest BCUT2D eigenvalue weighted by atomic mass is 35.5. The fourth-order valence-electron chi connectivity index (χ4n) is 3.58. The molecule has 206 valence electrons. The van der Waals surface area contributed by atoms with E-state index in [-0.39, 0.29) is 46.3 Å². The van der Waals surface area contributed by atoms with E-state index in [1.807, 2.05) is 0 Å². The molecule has 1 aliphatic rings. The molecule has 1 unspecified atom stereocenters. The Balaban J connectivity index is 2.11. The number of rotatable bonds is 12. The second-order valence-electron chi connectivity index (χ2n) is 12.1. The molecule has 5 nitrogen and oxygen atoms in total. The van der Waals surface area contributed by atoms with E-state index in [2.05, 4.69) is 53.5 Å². The monoisotopic (exact) mass is 583 g/mol. The second kappa shape index (κ2) is 12.0. The number of carbonyl (C=O) groups excluding carboxylic acids is 1. The molecule has 36 heavy (non-hydrogen) atoms. The van der Waals surface area contributed by atoms with Crippen LogP contribution < -0.4 is 4.74 Å². The third-order valence-electron chi connectivity index (χ3n) is 6.99. The number of amides is 1. The van der Waals surface area contributed by atoms with Crippen LogP contribution >= 0.6 is 23.2 Å². The number of ether oxygens (including phenoxy) is 2. The molecule has 1 atom stereocenters. The van der Waals surface area contributed by atoms with Crippen LogP contribution in [0.1, 0.15) is 38.7 Å². The van der Waals surface area contributed by atoms with E-state index in [4.69, 9.17) is 37.1 Å². The minimum atomic E-state index is -3.63. The van der Waals surface area contributed by atoms with Crippen LogP contribution in [0.25, 0.3) is 0 Å². The van der Waals surface area contributed by atoms with Gasteiger partial charge >= 0.3 is 5.92 Å². The van der Waals surface area contributed by atoms with Gasteiger partial charge in [0.05, 0.1) is 16.0 Å². The van der Waals surface area contributed by atoms with Crippen molar-refractivity contribution in [2.24, 2.45) is 0 Å². The van der Waals surface area contributed by atoms with Gasteiger partial charge < -0.3 is 18.8 Å². The maximum Gasteiger partial charge on any atom is 0.333 e. The zero-order valence-corrected chi connectivity index (χ0v) is 26.3. The summed E-state index contributed by atoms with van der Waals surface area (Å²) in [5.74, 6) is -6.17. The molecule has 11 heteroatoms. The Kier molecular flexibility index (Phi) is 10.5. The number of alkyl halides is 2. The first-order valence-electron chi connectivity index (χ1n) is 12.4. The van der Waals surface area contributed by atoms with Gasteiger partial charge in [0.1, 0.15) is 5.75 Å². The van der Waals surface area contributed by atoms with Crippen molar-refractivity contribution in [3.63, 3.8) is 0 Å². The summed E-state index contributed by atoms with van der Waals surface area (Å²) in [6.45, 7) is 18.2. The van der Waals surface area contributed by atoms with Crippen LogP contribution in [0.4, 0.5) is 8.78 Å². The quantitative estimate of drug-likeness (QED) is 0.144. The lowest BCUT2D eigenvalue weighted by Crippen LogP contribution is -2.41. The number of halogens is 4. The predicted molar refractivity (Wildman–Crippen MR) is 148 cm³/mol. The molecule has 0 aromatic heterocycles. The van der Waals surface area contributed by atoms with Gasteiger partial charge in [-0.2, -0.15) is 8.78 Å². The highest BCUT2D eigenvalue weighted by molar-refractivity contribution is 6.76. The SMILES string of the molecule is CC(C)(C)[Si](C)(C)OCCCN1CC(c2c(OCOCC[Si](C)(C)C)ccc(Cl)c2Cl)C(F)(F)C1=O. The molecule has 2 rings (SSSR count). The molecule has 1 heterocycles.